The largest absolute Gasteiger partial charge is 0.486 e. The van der Waals surface area contributed by atoms with Gasteiger partial charge >= 0.3 is 5.69 Å². The highest BCUT2D eigenvalue weighted by molar-refractivity contribution is 6.42. The molecule has 1 N–H and O–H groups in total. The van der Waals surface area contributed by atoms with Crippen molar-refractivity contribution >= 4 is 28.9 Å². The molecule has 1 saturated heterocycles. The van der Waals surface area contributed by atoms with Gasteiger partial charge in [-0.15, -0.1) is 0 Å². The molecule has 1 heterocycles. The van der Waals surface area contributed by atoms with Gasteiger partial charge in [0.1, 0.15) is 0 Å². The predicted molar refractivity (Wildman–Crippen MR) is 74.2 cm³/mol. The fourth-order valence-electron chi connectivity index (χ4n) is 2.05. The highest BCUT2D eigenvalue weighted by atomic mass is 35.5. The Hall–Kier alpha value is -1.04. The van der Waals surface area contributed by atoms with Crippen LogP contribution in [0.15, 0.2) is 12.1 Å². The number of hydrogen-bond donors (Lipinski definition) is 1. The van der Waals surface area contributed by atoms with E-state index in [0.717, 1.165) is 25.9 Å². The van der Waals surface area contributed by atoms with E-state index >= 15 is 0 Å². The van der Waals surface area contributed by atoms with E-state index in [1.807, 2.05) is 0 Å². The fourth-order valence-corrected chi connectivity index (χ4v) is 2.36. The van der Waals surface area contributed by atoms with Crippen molar-refractivity contribution in [3.05, 3.63) is 32.3 Å². The Labute approximate surface area is 121 Å². The van der Waals surface area contributed by atoms with E-state index in [2.05, 4.69) is 5.32 Å². The summed E-state index contributed by atoms with van der Waals surface area (Å²) >= 11 is 11.6. The Morgan fingerprint density at radius 1 is 1.42 bits per heavy atom. The number of hydrogen-bond acceptors (Lipinski definition) is 4. The molecular formula is C12H14Cl2N2O3. The maximum Gasteiger partial charge on any atom is 0.312 e. The Morgan fingerprint density at radius 2 is 2.16 bits per heavy atom. The van der Waals surface area contributed by atoms with Gasteiger partial charge in [-0.3, -0.25) is 10.1 Å². The molecule has 0 amide bonds. The van der Waals surface area contributed by atoms with Crippen molar-refractivity contribution in [1.29, 1.82) is 0 Å². The van der Waals surface area contributed by atoms with Gasteiger partial charge in [0.05, 0.1) is 21.6 Å². The predicted octanol–water partition coefficient (Wildman–Crippen LogP) is 3.28. The molecule has 1 aliphatic rings. The van der Waals surface area contributed by atoms with Crippen LogP contribution in [0.3, 0.4) is 0 Å². The van der Waals surface area contributed by atoms with E-state index in [1.165, 1.54) is 12.1 Å². The summed E-state index contributed by atoms with van der Waals surface area (Å²) in [6.07, 6.45) is 2.15. The highest BCUT2D eigenvalue weighted by Gasteiger charge is 2.20. The van der Waals surface area contributed by atoms with E-state index < -0.39 is 4.92 Å². The molecule has 2 rings (SSSR count). The van der Waals surface area contributed by atoms with Crippen molar-refractivity contribution in [1.82, 2.24) is 5.32 Å². The maximum atomic E-state index is 10.9. The van der Waals surface area contributed by atoms with Crippen molar-refractivity contribution < 1.29 is 9.66 Å². The molecule has 5 nitrogen and oxygen atoms in total. The molecule has 1 fully saturated rings. The Bertz CT molecular complexity index is 476. The van der Waals surface area contributed by atoms with Crippen LogP contribution in [-0.4, -0.2) is 24.6 Å². The van der Waals surface area contributed by atoms with E-state index in [4.69, 9.17) is 27.9 Å². The lowest BCUT2D eigenvalue weighted by molar-refractivity contribution is -0.385. The second-order valence-electron chi connectivity index (χ2n) is 4.51. The molecular weight excluding hydrogens is 291 g/mol. The number of nitro benzene ring substituents is 1. The number of halogens is 2. The first-order valence-corrected chi connectivity index (χ1v) is 6.80. The monoisotopic (exact) mass is 304 g/mol. The molecule has 0 bridgehead atoms. The molecule has 0 aromatic heterocycles. The smallest absolute Gasteiger partial charge is 0.312 e. The lowest BCUT2D eigenvalue weighted by atomic mass is 10.0. The highest BCUT2D eigenvalue weighted by Crippen LogP contribution is 2.36. The van der Waals surface area contributed by atoms with Crippen LogP contribution in [0.5, 0.6) is 5.75 Å². The summed E-state index contributed by atoms with van der Waals surface area (Å²) in [4.78, 5) is 10.4. The van der Waals surface area contributed by atoms with Crippen molar-refractivity contribution in [2.75, 3.05) is 19.7 Å². The Kier molecular flexibility index (Phi) is 4.85. The molecule has 1 aromatic carbocycles. The fraction of sp³-hybridized carbons (Fsp3) is 0.500. The van der Waals surface area contributed by atoms with E-state index in [-0.39, 0.29) is 21.5 Å². The topological polar surface area (TPSA) is 64.4 Å². The van der Waals surface area contributed by atoms with Crippen LogP contribution in [0.1, 0.15) is 12.8 Å². The van der Waals surface area contributed by atoms with Crippen LogP contribution >= 0.6 is 23.2 Å². The minimum absolute atomic E-state index is 0.153. The summed E-state index contributed by atoms with van der Waals surface area (Å²) in [6, 6.07) is 2.62. The van der Waals surface area contributed by atoms with E-state index in [1.54, 1.807) is 0 Å². The molecule has 7 heteroatoms. The summed E-state index contributed by atoms with van der Waals surface area (Å²) in [6.45, 7) is 2.32. The number of benzene rings is 1. The van der Waals surface area contributed by atoms with Gasteiger partial charge in [-0.05, 0) is 19.4 Å². The quantitative estimate of drug-likeness (QED) is 0.685. The number of rotatable bonds is 4. The molecule has 1 aliphatic heterocycles. The van der Waals surface area contributed by atoms with Crippen molar-refractivity contribution in [3.8, 4) is 5.75 Å². The number of nitro groups is 1. The number of nitrogens with one attached hydrogen (secondary N) is 1. The molecule has 104 valence electrons. The third-order valence-corrected chi connectivity index (χ3v) is 3.79. The van der Waals surface area contributed by atoms with E-state index in [0.29, 0.717) is 12.5 Å². The van der Waals surface area contributed by atoms with Gasteiger partial charge in [0.25, 0.3) is 0 Å². The molecule has 1 aromatic rings. The SMILES string of the molecule is O=[N+]([O-])c1cc(Cl)c(Cl)cc1OCC1CCCNC1. The number of piperidine rings is 1. The Morgan fingerprint density at radius 3 is 2.79 bits per heavy atom. The molecule has 0 saturated carbocycles. The van der Waals surface area contributed by atoms with Gasteiger partial charge in [0.2, 0.25) is 0 Å². The Balaban J connectivity index is 2.09. The van der Waals surface area contributed by atoms with Gasteiger partial charge < -0.3 is 10.1 Å². The molecule has 1 unspecified atom stereocenters. The second kappa shape index (κ2) is 6.41. The van der Waals surface area contributed by atoms with Crippen LogP contribution in [-0.2, 0) is 0 Å². The number of ether oxygens (including phenoxy) is 1. The summed E-state index contributed by atoms with van der Waals surface area (Å²) in [5.74, 6) is 0.535. The summed E-state index contributed by atoms with van der Waals surface area (Å²) in [5.41, 5.74) is -0.154. The molecule has 0 radical (unpaired) electrons. The van der Waals surface area contributed by atoms with Gasteiger partial charge in [0, 0.05) is 24.6 Å². The molecule has 0 spiro atoms. The second-order valence-corrected chi connectivity index (χ2v) is 5.33. The van der Waals surface area contributed by atoms with Crippen molar-refractivity contribution in [2.24, 2.45) is 5.92 Å². The lowest BCUT2D eigenvalue weighted by Crippen LogP contribution is -2.33. The van der Waals surface area contributed by atoms with Crippen LogP contribution < -0.4 is 10.1 Å². The number of nitrogens with zero attached hydrogens (tertiary/aromatic N) is 1. The average Bonchev–Trinajstić information content (AvgIpc) is 2.40. The zero-order valence-corrected chi connectivity index (χ0v) is 11.7. The van der Waals surface area contributed by atoms with Crippen LogP contribution in [0.25, 0.3) is 0 Å². The van der Waals surface area contributed by atoms with Crippen LogP contribution in [0.4, 0.5) is 5.69 Å². The van der Waals surface area contributed by atoms with Crippen LogP contribution in [0, 0.1) is 16.0 Å². The van der Waals surface area contributed by atoms with Gasteiger partial charge in [0.15, 0.2) is 5.75 Å². The maximum absolute atomic E-state index is 10.9. The van der Waals surface area contributed by atoms with Gasteiger partial charge in [-0.2, -0.15) is 0 Å². The van der Waals surface area contributed by atoms with Crippen LogP contribution in [0.2, 0.25) is 10.0 Å². The first kappa shape index (κ1) is 14.4. The lowest BCUT2D eigenvalue weighted by Gasteiger charge is -2.22. The van der Waals surface area contributed by atoms with E-state index in [9.17, 15) is 10.1 Å². The zero-order chi connectivity index (χ0) is 13.8. The first-order chi connectivity index (χ1) is 9.08. The minimum Gasteiger partial charge on any atom is -0.486 e. The summed E-state index contributed by atoms with van der Waals surface area (Å²) in [7, 11) is 0. The zero-order valence-electron chi connectivity index (χ0n) is 10.2. The third-order valence-electron chi connectivity index (χ3n) is 3.07. The summed E-state index contributed by atoms with van der Waals surface area (Å²) in [5, 5.41) is 14.6. The molecule has 19 heavy (non-hydrogen) atoms. The normalized spacial score (nSPS) is 19.2. The van der Waals surface area contributed by atoms with Gasteiger partial charge in [-0.25, -0.2) is 0 Å². The van der Waals surface area contributed by atoms with Gasteiger partial charge in [-0.1, -0.05) is 23.2 Å². The standard InChI is InChI=1S/C12H14Cl2N2O3/c13-9-4-11(16(17)18)12(5-10(9)14)19-7-8-2-1-3-15-6-8/h4-5,8,15H,1-3,6-7H2. The minimum atomic E-state index is -0.517. The first-order valence-electron chi connectivity index (χ1n) is 6.05. The summed E-state index contributed by atoms with van der Waals surface area (Å²) < 4.78 is 5.55. The van der Waals surface area contributed by atoms with Crippen molar-refractivity contribution in [3.63, 3.8) is 0 Å². The third kappa shape index (κ3) is 3.72. The average molecular weight is 305 g/mol. The molecule has 1 atom stereocenters. The van der Waals surface area contributed by atoms with Crippen molar-refractivity contribution in [2.45, 2.75) is 12.8 Å². The molecule has 0 aliphatic carbocycles.